The van der Waals surface area contributed by atoms with Gasteiger partial charge >= 0.3 is 0 Å². The maximum Gasteiger partial charge on any atom is 0.152 e. The zero-order chi connectivity index (χ0) is 11.3. The zero-order valence-corrected chi connectivity index (χ0v) is 10.6. The van der Waals surface area contributed by atoms with Gasteiger partial charge in [-0.25, -0.2) is 4.98 Å². The minimum absolute atomic E-state index is 0.320. The highest BCUT2D eigenvalue weighted by molar-refractivity contribution is 9.10. The molecule has 3 rings (SSSR count). The lowest BCUT2D eigenvalue weighted by Crippen LogP contribution is -1.91. The van der Waals surface area contributed by atoms with Gasteiger partial charge in [0.1, 0.15) is 0 Å². The minimum atomic E-state index is 0.320. The molecule has 1 heterocycles. The maximum absolute atomic E-state index is 10.1. The van der Waals surface area contributed by atoms with E-state index in [4.69, 9.17) is 0 Å². The molecule has 2 nitrogen and oxygen atoms in total. The molecule has 0 aliphatic heterocycles. The van der Waals surface area contributed by atoms with Gasteiger partial charge in [-0.2, -0.15) is 0 Å². The van der Waals surface area contributed by atoms with Crippen molar-refractivity contribution in [3.8, 4) is 5.75 Å². The number of aromatic hydroxyl groups is 1. The molecule has 0 unspecified atom stereocenters. The Morgan fingerprint density at radius 2 is 2.12 bits per heavy atom. The largest absolute Gasteiger partial charge is 0.505 e. The third kappa shape index (κ3) is 1.50. The summed E-state index contributed by atoms with van der Waals surface area (Å²) < 4.78 is 0.781. The van der Waals surface area contributed by atoms with Crippen molar-refractivity contribution in [1.29, 1.82) is 0 Å². The van der Waals surface area contributed by atoms with Gasteiger partial charge in [-0.15, -0.1) is 0 Å². The molecule has 1 fully saturated rings. The lowest BCUT2D eigenvalue weighted by molar-refractivity contribution is 0.462. The number of hydrogen-bond acceptors (Lipinski definition) is 2. The third-order valence-electron chi connectivity index (χ3n) is 3.04. The van der Waals surface area contributed by atoms with Gasteiger partial charge < -0.3 is 5.11 Å². The fraction of sp³-hybridized carbons (Fsp3) is 0.308. The number of benzene rings is 1. The summed E-state index contributed by atoms with van der Waals surface area (Å²) in [6, 6.07) is 6.11. The average molecular weight is 278 g/mol. The van der Waals surface area contributed by atoms with Crippen molar-refractivity contribution in [3.63, 3.8) is 0 Å². The van der Waals surface area contributed by atoms with E-state index in [0.29, 0.717) is 11.7 Å². The topological polar surface area (TPSA) is 33.1 Å². The minimum Gasteiger partial charge on any atom is -0.505 e. The van der Waals surface area contributed by atoms with Crippen LogP contribution >= 0.6 is 15.9 Å². The third-order valence-corrected chi connectivity index (χ3v) is 3.85. The van der Waals surface area contributed by atoms with E-state index in [1.165, 1.54) is 5.56 Å². The lowest BCUT2D eigenvalue weighted by atomic mass is 10.1. The van der Waals surface area contributed by atoms with Crippen LogP contribution in [0.3, 0.4) is 0 Å². The number of fused-ring (bicyclic) bond motifs is 1. The summed E-state index contributed by atoms with van der Waals surface area (Å²) in [5.74, 6) is 0.780. The Morgan fingerprint density at radius 1 is 1.38 bits per heavy atom. The van der Waals surface area contributed by atoms with Crippen LogP contribution in [0.2, 0.25) is 0 Å². The van der Waals surface area contributed by atoms with Gasteiger partial charge in [0.2, 0.25) is 0 Å². The molecule has 16 heavy (non-hydrogen) atoms. The van der Waals surface area contributed by atoms with Crippen LogP contribution in [0, 0.1) is 6.92 Å². The fourth-order valence-corrected chi connectivity index (χ4v) is 2.51. The number of halogens is 1. The van der Waals surface area contributed by atoms with Gasteiger partial charge in [0.05, 0.1) is 15.7 Å². The Hall–Kier alpha value is -1.09. The van der Waals surface area contributed by atoms with Crippen LogP contribution in [0.15, 0.2) is 22.7 Å². The molecule has 1 aliphatic rings. The summed E-state index contributed by atoms with van der Waals surface area (Å²) >= 11 is 3.47. The second kappa shape index (κ2) is 3.45. The van der Waals surface area contributed by atoms with Gasteiger partial charge in [-0.05, 0) is 47.8 Å². The Balaban J connectivity index is 2.33. The first kappa shape index (κ1) is 10.1. The molecule has 2 aromatic rings. The van der Waals surface area contributed by atoms with Crippen molar-refractivity contribution in [1.82, 2.24) is 4.98 Å². The van der Waals surface area contributed by atoms with Crippen LogP contribution in [0.4, 0.5) is 0 Å². The first-order valence-electron chi connectivity index (χ1n) is 5.45. The average Bonchev–Trinajstić information content (AvgIpc) is 3.08. The van der Waals surface area contributed by atoms with Crippen molar-refractivity contribution in [2.24, 2.45) is 0 Å². The summed E-state index contributed by atoms with van der Waals surface area (Å²) in [6.45, 7) is 2.04. The molecule has 0 spiro atoms. The molecule has 1 saturated carbocycles. The van der Waals surface area contributed by atoms with E-state index in [1.807, 2.05) is 19.1 Å². The maximum atomic E-state index is 10.1. The Labute approximate surface area is 102 Å². The lowest BCUT2D eigenvalue weighted by Gasteiger charge is -2.08. The number of aryl methyl sites for hydroxylation is 1. The molecular weight excluding hydrogens is 266 g/mol. The SMILES string of the molecule is Cc1ccc2nc(C3CC3)c(O)c(Br)c2c1. The highest BCUT2D eigenvalue weighted by Crippen LogP contribution is 2.46. The Bertz CT molecular complexity index is 576. The normalized spacial score (nSPS) is 15.6. The monoisotopic (exact) mass is 277 g/mol. The number of aromatic nitrogens is 1. The van der Waals surface area contributed by atoms with Crippen molar-refractivity contribution >= 4 is 26.8 Å². The summed E-state index contributed by atoms with van der Waals surface area (Å²) in [6.07, 6.45) is 2.29. The summed E-state index contributed by atoms with van der Waals surface area (Å²) in [7, 11) is 0. The van der Waals surface area contributed by atoms with E-state index in [1.54, 1.807) is 0 Å². The zero-order valence-electron chi connectivity index (χ0n) is 9.00. The van der Waals surface area contributed by atoms with E-state index < -0.39 is 0 Å². The molecule has 0 atom stereocenters. The molecule has 3 heteroatoms. The van der Waals surface area contributed by atoms with Gasteiger partial charge in [-0.3, -0.25) is 0 Å². The molecule has 1 N–H and O–H groups in total. The summed E-state index contributed by atoms with van der Waals surface area (Å²) in [5, 5.41) is 11.1. The molecule has 0 bridgehead atoms. The number of hydrogen-bond donors (Lipinski definition) is 1. The van der Waals surface area contributed by atoms with E-state index >= 15 is 0 Å². The molecule has 1 aliphatic carbocycles. The van der Waals surface area contributed by atoms with Crippen LogP contribution < -0.4 is 0 Å². The van der Waals surface area contributed by atoms with Gasteiger partial charge in [0.25, 0.3) is 0 Å². The highest BCUT2D eigenvalue weighted by atomic mass is 79.9. The van der Waals surface area contributed by atoms with Crippen molar-refractivity contribution in [3.05, 3.63) is 33.9 Å². The van der Waals surface area contributed by atoms with Crippen LogP contribution in [-0.4, -0.2) is 10.1 Å². The van der Waals surface area contributed by atoms with Crippen molar-refractivity contribution in [2.75, 3.05) is 0 Å². The molecular formula is C13H12BrNO. The highest BCUT2D eigenvalue weighted by Gasteiger charge is 2.29. The Kier molecular flexibility index (Phi) is 2.18. The van der Waals surface area contributed by atoms with E-state index in [2.05, 4.69) is 27.0 Å². The second-order valence-electron chi connectivity index (χ2n) is 4.45. The smallest absolute Gasteiger partial charge is 0.152 e. The van der Waals surface area contributed by atoms with E-state index in [9.17, 15) is 5.11 Å². The molecule has 0 saturated heterocycles. The van der Waals surface area contributed by atoms with Crippen molar-refractivity contribution < 1.29 is 5.11 Å². The van der Waals surface area contributed by atoms with E-state index in [-0.39, 0.29) is 0 Å². The van der Waals surface area contributed by atoms with Crippen LogP contribution in [0.25, 0.3) is 10.9 Å². The van der Waals surface area contributed by atoms with Gasteiger partial charge in [0, 0.05) is 11.3 Å². The second-order valence-corrected chi connectivity index (χ2v) is 5.25. The van der Waals surface area contributed by atoms with Crippen molar-refractivity contribution in [2.45, 2.75) is 25.7 Å². The van der Waals surface area contributed by atoms with Crippen LogP contribution in [0.1, 0.15) is 30.0 Å². The Morgan fingerprint density at radius 3 is 2.81 bits per heavy atom. The standard InChI is InChI=1S/C13H12BrNO/c1-7-2-5-10-9(6-7)11(14)13(16)12(15-10)8-3-4-8/h2,5-6,8,16H,3-4H2,1H3. The molecule has 82 valence electrons. The molecule has 0 amide bonds. The van der Waals surface area contributed by atoms with Gasteiger partial charge in [-0.1, -0.05) is 11.6 Å². The van der Waals surface area contributed by atoms with E-state index in [0.717, 1.165) is 33.9 Å². The number of rotatable bonds is 1. The quantitative estimate of drug-likeness (QED) is 0.858. The number of pyridine rings is 1. The first-order valence-corrected chi connectivity index (χ1v) is 6.25. The molecule has 1 aromatic heterocycles. The summed E-state index contributed by atoms with van der Waals surface area (Å²) in [4.78, 5) is 4.56. The predicted molar refractivity (Wildman–Crippen MR) is 67.8 cm³/mol. The fourth-order valence-electron chi connectivity index (χ4n) is 1.99. The van der Waals surface area contributed by atoms with Crippen LogP contribution in [-0.2, 0) is 0 Å². The van der Waals surface area contributed by atoms with Crippen LogP contribution in [0.5, 0.6) is 5.75 Å². The first-order chi connectivity index (χ1) is 7.66. The molecule has 0 radical (unpaired) electrons. The number of nitrogens with zero attached hydrogens (tertiary/aromatic N) is 1. The van der Waals surface area contributed by atoms with Gasteiger partial charge in [0.15, 0.2) is 5.75 Å². The summed E-state index contributed by atoms with van der Waals surface area (Å²) in [5.41, 5.74) is 2.98. The predicted octanol–water partition coefficient (Wildman–Crippen LogP) is 3.89. The molecule has 1 aromatic carbocycles.